The van der Waals surface area contributed by atoms with Gasteiger partial charge in [0.1, 0.15) is 11.4 Å². The van der Waals surface area contributed by atoms with E-state index in [4.69, 9.17) is 0 Å². The number of nitrogens with zero attached hydrogens (tertiary/aromatic N) is 3. The number of quaternary nitrogens is 1. The van der Waals surface area contributed by atoms with E-state index in [1.54, 1.807) is 34.5 Å². The highest BCUT2D eigenvalue weighted by Crippen LogP contribution is 2.17. The number of nitrogens with one attached hydrogen (secondary N) is 3. The molecule has 2 aromatic heterocycles. The summed E-state index contributed by atoms with van der Waals surface area (Å²) in [6.07, 6.45) is 4.72. The van der Waals surface area contributed by atoms with Crippen LogP contribution < -0.4 is 16.0 Å². The average molecular weight is 404 g/mol. The first kappa shape index (κ1) is 22.5. The Morgan fingerprint density at radius 1 is 0.966 bits per heavy atom. The highest BCUT2D eigenvalue weighted by molar-refractivity contribution is 6.04. The Morgan fingerprint density at radius 3 is 2.10 bits per heavy atom. The van der Waals surface area contributed by atoms with Gasteiger partial charge in [-0.2, -0.15) is 0 Å². The molecule has 0 aliphatic heterocycles. The standard InChI is InChI=1S/C21H34N6O2/c1-7-10-27(6,8-2)11-9-23-20(28)18-13-17(15-26(18)5)24-21(29)19-12-16(22-3)14-25(19)4/h12-15,22H,7-11H2,1-6H3,(H-,23,24,28,29)/p+1. The van der Waals surface area contributed by atoms with Crippen molar-refractivity contribution in [3.05, 3.63) is 35.9 Å². The van der Waals surface area contributed by atoms with Gasteiger partial charge in [-0.05, 0) is 25.5 Å². The summed E-state index contributed by atoms with van der Waals surface area (Å²) >= 11 is 0. The van der Waals surface area contributed by atoms with Gasteiger partial charge in [-0.1, -0.05) is 6.92 Å². The van der Waals surface area contributed by atoms with Crippen LogP contribution in [0.2, 0.25) is 0 Å². The van der Waals surface area contributed by atoms with Crippen molar-refractivity contribution in [3.8, 4) is 0 Å². The highest BCUT2D eigenvalue weighted by Gasteiger charge is 2.19. The summed E-state index contributed by atoms with van der Waals surface area (Å²) in [5.74, 6) is -0.356. The molecule has 0 saturated heterocycles. The molecule has 2 rings (SSSR count). The van der Waals surface area contributed by atoms with Crippen molar-refractivity contribution < 1.29 is 14.1 Å². The highest BCUT2D eigenvalue weighted by atomic mass is 16.2. The summed E-state index contributed by atoms with van der Waals surface area (Å²) in [4.78, 5) is 25.2. The van der Waals surface area contributed by atoms with Gasteiger partial charge in [0.25, 0.3) is 11.8 Å². The van der Waals surface area contributed by atoms with Gasteiger partial charge < -0.3 is 29.6 Å². The van der Waals surface area contributed by atoms with Crippen LogP contribution in [0.5, 0.6) is 0 Å². The molecule has 0 aliphatic rings. The SMILES string of the molecule is CCC[N+](C)(CC)CCNC(=O)c1cc(NC(=O)c2cc(NC)cn2C)cn1C. The largest absolute Gasteiger partial charge is 0.387 e. The molecule has 0 aromatic carbocycles. The number of hydrogen-bond donors (Lipinski definition) is 3. The van der Waals surface area contributed by atoms with Gasteiger partial charge in [0.05, 0.1) is 44.6 Å². The molecule has 3 N–H and O–H groups in total. The lowest BCUT2D eigenvalue weighted by atomic mass is 10.3. The maximum Gasteiger partial charge on any atom is 0.272 e. The van der Waals surface area contributed by atoms with Crippen LogP contribution in [-0.4, -0.2) is 65.7 Å². The fourth-order valence-corrected chi connectivity index (χ4v) is 3.48. The van der Waals surface area contributed by atoms with Gasteiger partial charge in [-0.15, -0.1) is 0 Å². The Labute approximate surface area is 173 Å². The molecule has 0 saturated carbocycles. The maximum absolute atomic E-state index is 12.6. The molecule has 8 nitrogen and oxygen atoms in total. The van der Waals surface area contributed by atoms with Crippen LogP contribution in [0.25, 0.3) is 0 Å². The van der Waals surface area contributed by atoms with Crippen molar-refractivity contribution in [1.29, 1.82) is 0 Å². The number of rotatable bonds is 10. The Hall–Kier alpha value is -2.74. The van der Waals surface area contributed by atoms with E-state index < -0.39 is 0 Å². The van der Waals surface area contributed by atoms with Gasteiger partial charge in [-0.3, -0.25) is 9.59 Å². The maximum atomic E-state index is 12.6. The van der Waals surface area contributed by atoms with Crippen molar-refractivity contribution in [3.63, 3.8) is 0 Å². The fraction of sp³-hybridized carbons (Fsp3) is 0.524. The Bertz CT molecular complexity index is 853. The van der Waals surface area contributed by atoms with Gasteiger partial charge in [-0.25, -0.2) is 0 Å². The molecule has 0 aliphatic carbocycles. The normalized spacial score (nSPS) is 13.0. The van der Waals surface area contributed by atoms with Crippen LogP contribution >= 0.6 is 0 Å². The molecule has 2 heterocycles. The lowest BCUT2D eigenvalue weighted by molar-refractivity contribution is -0.906. The molecular formula is C21H35N6O2+. The second-order valence-corrected chi connectivity index (χ2v) is 7.79. The van der Waals surface area contributed by atoms with Crippen molar-refractivity contribution in [1.82, 2.24) is 14.5 Å². The number of aromatic nitrogens is 2. The molecule has 0 fully saturated rings. The number of carbonyl (C=O) groups is 2. The van der Waals surface area contributed by atoms with E-state index in [1.807, 2.05) is 20.3 Å². The van der Waals surface area contributed by atoms with Crippen LogP contribution in [-0.2, 0) is 14.1 Å². The van der Waals surface area contributed by atoms with Crippen LogP contribution in [0.15, 0.2) is 24.5 Å². The second kappa shape index (κ2) is 9.65. The third-order valence-corrected chi connectivity index (χ3v) is 5.49. The molecule has 1 unspecified atom stereocenters. The molecule has 29 heavy (non-hydrogen) atoms. The van der Waals surface area contributed by atoms with Gasteiger partial charge in [0, 0.05) is 33.5 Å². The van der Waals surface area contributed by atoms with Gasteiger partial charge >= 0.3 is 0 Å². The van der Waals surface area contributed by atoms with Crippen molar-refractivity contribution in [2.45, 2.75) is 20.3 Å². The molecule has 2 aromatic rings. The quantitative estimate of drug-likeness (QED) is 0.533. The Kier molecular flexibility index (Phi) is 7.50. The van der Waals surface area contributed by atoms with Crippen LogP contribution in [0.4, 0.5) is 11.4 Å². The van der Waals surface area contributed by atoms with E-state index in [0.717, 1.165) is 36.2 Å². The first-order valence-electron chi connectivity index (χ1n) is 10.2. The van der Waals surface area contributed by atoms with Crippen molar-refractivity contribution in [2.75, 3.05) is 50.9 Å². The summed E-state index contributed by atoms with van der Waals surface area (Å²) in [5.41, 5.74) is 2.52. The van der Waals surface area contributed by atoms with E-state index >= 15 is 0 Å². The Balaban J connectivity index is 1.99. The first-order valence-corrected chi connectivity index (χ1v) is 10.2. The minimum absolute atomic E-state index is 0.136. The minimum Gasteiger partial charge on any atom is -0.387 e. The monoisotopic (exact) mass is 403 g/mol. The third kappa shape index (κ3) is 5.63. The van der Waals surface area contributed by atoms with E-state index in [-0.39, 0.29) is 11.8 Å². The predicted octanol–water partition coefficient (Wildman–Crippen LogP) is 2.26. The lowest BCUT2D eigenvalue weighted by Crippen LogP contribution is -2.49. The smallest absolute Gasteiger partial charge is 0.272 e. The third-order valence-electron chi connectivity index (χ3n) is 5.49. The van der Waals surface area contributed by atoms with Crippen LogP contribution in [0.1, 0.15) is 41.2 Å². The summed E-state index contributed by atoms with van der Waals surface area (Å²) in [7, 11) is 7.65. The number of carbonyl (C=O) groups excluding carboxylic acids is 2. The molecule has 0 spiro atoms. The lowest BCUT2D eigenvalue weighted by Gasteiger charge is -2.33. The zero-order valence-corrected chi connectivity index (χ0v) is 18.5. The molecule has 160 valence electrons. The number of hydrogen-bond acceptors (Lipinski definition) is 3. The van der Waals surface area contributed by atoms with E-state index in [9.17, 15) is 9.59 Å². The van der Waals surface area contributed by atoms with E-state index in [0.29, 0.717) is 23.6 Å². The molecule has 2 amide bonds. The molecular weight excluding hydrogens is 368 g/mol. The Morgan fingerprint density at radius 2 is 1.55 bits per heavy atom. The van der Waals surface area contributed by atoms with E-state index in [2.05, 4.69) is 36.8 Å². The second-order valence-electron chi connectivity index (χ2n) is 7.79. The number of aryl methyl sites for hydroxylation is 2. The number of amides is 2. The summed E-state index contributed by atoms with van der Waals surface area (Å²) < 4.78 is 4.43. The molecule has 0 radical (unpaired) electrons. The molecule has 0 bridgehead atoms. The zero-order valence-electron chi connectivity index (χ0n) is 18.5. The number of likely N-dealkylation sites (N-methyl/N-ethyl adjacent to an activating group) is 1. The topological polar surface area (TPSA) is 80.1 Å². The van der Waals surface area contributed by atoms with Gasteiger partial charge in [0.2, 0.25) is 0 Å². The van der Waals surface area contributed by atoms with Gasteiger partial charge in [0.15, 0.2) is 0 Å². The number of anilines is 2. The average Bonchev–Trinajstić information content (AvgIpc) is 3.24. The van der Waals surface area contributed by atoms with E-state index in [1.165, 1.54) is 0 Å². The predicted molar refractivity (Wildman–Crippen MR) is 117 cm³/mol. The minimum atomic E-state index is -0.220. The summed E-state index contributed by atoms with van der Waals surface area (Å²) in [5, 5.41) is 8.89. The fourth-order valence-electron chi connectivity index (χ4n) is 3.48. The van der Waals surface area contributed by atoms with Crippen molar-refractivity contribution >= 4 is 23.2 Å². The molecule has 8 heteroatoms. The summed E-state index contributed by atoms with van der Waals surface area (Å²) in [6, 6.07) is 3.49. The zero-order chi connectivity index (χ0) is 21.6. The first-order chi connectivity index (χ1) is 13.7. The molecule has 1 atom stereocenters. The van der Waals surface area contributed by atoms with Crippen molar-refractivity contribution in [2.24, 2.45) is 14.1 Å². The summed E-state index contributed by atoms with van der Waals surface area (Å²) in [6.45, 7) is 8.01. The van der Waals surface area contributed by atoms with Crippen LogP contribution in [0.3, 0.4) is 0 Å². The van der Waals surface area contributed by atoms with Crippen LogP contribution in [0, 0.1) is 0 Å².